The summed E-state index contributed by atoms with van der Waals surface area (Å²) in [6.07, 6.45) is 13.0. The lowest BCUT2D eigenvalue weighted by molar-refractivity contribution is 0.348. The van der Waals surface area contributed by atoms with Gasteiger partial charge in [0, 0.05) is 0 Å². The van der Waals surface area contributed by atoms with Crippen molar-refractivity contribution in [3.63, 3.8) is 0 Å². The Morgan fingerprint density at radius 3 is 2.25 bits per heavy atom. The molecule has 0 radical (unpaired) electrons. The van der Waals surface area contributed by atoms with Crippen LogP contribution in [0.25, 0.3) is 0 Å². The molecule has 1 heterocycles. The standard InChI is InChI=1S/C15H31N/c1-14(2)12-15-10-8-6-4-3-5-7-9-11-16-13-15/h14-16H,3-13H2,1-2H3. The van der Waals surface area contributed by atoms with Gasteiger partial charge in [0.1, 0.15) is 0 Å². The molecule has 1 aliphatic rings. The van der Waals surface area contributed by atoms with E-state index in [1.54, 1.807) is 0 Å². The van der Waals surface area contributed by atoms with E-state index in [-0.39, 0.29) is 0 Å². The molecule has 1 atom stereocenters. The molecule has 0 aromatic carbocycles. The molecule has 0 bridgehead atoms. The Hall–Kier alpha value is -0.0400. The number of rotatable bonds is 2. The van der Waals surface area contributed by atoms with Gasteiger partial charge < -0.3 is 5.32 Å². The van der Waals surface area contributed by atoms with Gasteiger partial charge in [-0.25, -0.2) is 0 Å². The van der Waals surface area contributed by atoms with Gasteiger partial charge >= 0.3 is 0 Å². The summed E-state index contributed by atoms with van der Waals surface area (Å²) in [5.41, 5.74) is 0. The van der Waals surface area contributed by atoms with Crippen molar-refractivity contribution in [2.45, 2.75) is 71.6 Å². The van der Waals surface area contributed by atoms with E-state index in [1.807, 2.05) is 0 Å². The molecule has 0 spiro atoms. The van der Waals surface area contributed by atoms with Crippen LogP contribution in [0.2, 0.25) is 0 Å². The quantitative estimate of drug-likeness (QED) is 0.735. The molecule has 16 heavy (non-hydrogen) atoms. The maximum absolute atomic E-state index is 3.66. The van der Waals surface area contributed by atoms with Crippen molar-refractivity contribution in [2.75, 3.05) is 13.1 Å². The Kier molecular flexibility index (Phi) is 7.92. The maximum Gasteiger partial charge on any atom is -0.00204 e. The second-order valence-electron chi connectivity index (χ2n) is 5.96. The van der Waals surface area contributed by atoms with E-state index in [0.29, 0.717) is 0 Å². The van der Waals surface area contributed by atoms with Crippen molar-refractivity contribution >= 4 is 0 Å². The van der Waals surface area contributed by atoms with Crippen molar-refractivity contribution in [3.8, 4) is 0 Å². The van der Waals surface area contributed by atoms with Gasteiger partial charge in [-0.05, 0) is 44.2 Å². The monoisotopic (exact) mass is 225 g/mol. The van der Waals surface area contributed by atoms with Gasteiger partial charge in [0.15, 0.2) is 0 Å². The lowest BCUT2D eigenvalue weighted by Gasteiger charge is -2.20. The molecule has 1 rings (SSSR count). The van der Waals surface area contributed by atoms with Crippen LogP contribution in [0.15, 0.2) is 0 Å². The third-order valence-corrected chi connectivity index (χ3v) is 3.70. The Morgan fingerprint density at radius 1 is 0.938 bits per heavy atom. The van der Waals surface area contributed by atoms with Gasteiger partial charge in [0.25, 0.3) is 0 Å². The normalized spacial score (nSPS) is 26.1. The van der Waals surface area contributed by atoms with E-state index in [4.69, 9.17) is 0 Å². The molecule has 1 heteroatoms. The van der Waals surface area contributed by atoms with E-state index < -0.39 is 0 Å². The predicted molar refractivity (Wildman–Crippen MR) is 72.8 cm³/mol. The molecule has 0 saturated carbocycles. The molecular weight excluding hydrogens is 194 g/mol. The zero-order valence-electron chi connectivity index (χ0n) is 11.4. The molecule has 1 unspecified atom stereocenters. The maximum atomic E-state index is 3.66. The molecular formula is C15H31N. The van der Waals surface area contributed by atoms with Crippen LogP contribution >= 0.6 is 0 Å². The van der Waals surface area contributed by atoms with Crippen LogP contribution in [0.1, 0.15) is 71.6 Å². The zero-order valence-corrected chi connectivity index (χ0v) is 11.4. The fourth-order valence-corrected chi connectivity index (χ4v) is 2.84. The van der Waals surface area contributed by atoms with Crippen molar-refractivity contribution in [3.05, 3.63) is 0 Å². The van der Waals surface area contributed by atoms with Crippen molar-refractivity contribution in [1.29, 1.82) is 0 Å². The third kappa shape index (κ3) is 7.27. The van der Waals surface area contributed by atoms with E-state index in [2.05, 4.69) is 19.2 Å². The Labute approximate surface area is 102 Å². The third-order valence-electron chi connectivity index (χ3n) is 3.70. The Morgan fingerprint density at radius 2 is 1.56 bits per heavy atom. The van der Waals surface area contributed by atoms with Crippen molar-refractivity contribution in [1.82, 2.24) is 5.32 Å². The lowest BCUT2D eigenvalue weighted by Crippen LogP contribution is -2.25. The summed E-state index contributed by atoms with van der Waals surface area (Å²) < 4.78 is 0. The number of hydrogen-bond donors (Lipinski definition) is 1. The first-order chi connectivity index (χ1) is 7.79. The summed E-state index contributed by atoms with van der Waals surface area (Å²) >= 11 is 0. The highest BCUT2D eigenvalue weighted by Gasteiger charge is 2.10. The zero-order chi connectivity index (χ0) is 11.6. The van der Waals surface area contributed by atoms with Gasteiger partial charge in [0.05, 0.1) is 0 Å². The fourth-order valence-electron chi connectivity index (χ4n) is 2.84. The van der Waals surface area contributed by atoms with Crippen molar-refractivity contribution in [2.24, 2.45) is 11.8 Å². The molecule has 96 valence electrons. The smallest absolute Gasteiger partial charge is 0.00204 e. The van der Waals surface area contributed by atoms with Crippen molar-refractivity contribution < 1.29 is 0 Å². The van der Waals surface area contributed by atoms with Crippen LogP contribution in [0, 0.1) is 11.8 Å². The Balaban J connectivity index is 2.24. The van der Waals surface area contributed by atoms with Crippen LogP contribution in [-0.4, -0.2) is 13.1 Å². The van der Waals surface area contributed by atoms with Crippen LogP contribution in [0.5, 0.6) is 0 Å². The van der Waals surface area contributed by atoms with Gasteiger partial charge in [-0.1, -0.05) is 52.4 Å². The molecule has 1 nitrogen and oxygen atoms in total. The molecule has 0 aliphatic carbocycles. The summed E-state index contributed by atoms with van der Waals surface area (Å²) in [5, 5.41) is 3.66. The van der Waals surface area contributed by atoms with Gasteiger partial charge in [-0.15, -0.1) is 0 Å². The number of hydrogen-bond acceptors (Lipinski definition) is 1. The summed E-state index contributed by atoms with van der Waals surface area (Å²) in [7, 11) is 0. The second-order valence-corrected chi connectivity index (χ2v) is 5.96. The average Bonchev–Trinajstić information content (AvgIpc) is 2.21. The minimum atomic E-state index is 0.861. The molecule has 1 fully saturated rings. The van der Waals surface area contributed by atoms with Gasteiger partial charge in [-0.3, -0.25) is 0 Å². The van der Waals surface area contributed by atoms with Crippen LogP contribution in [-0.2, 0) is 0 Å². The topological polar surface area (TPSA) is 12.0 Å². The molecule has 1 aliphatic heterocycles. The highest BCUT2D eigenvalue weighted by Crippen LogP contribution is 2.19. The Bertz CT molecular complexity index is 142. The fraction of sp³-hybridized carbons (Fsp3) is 1.00. The lowest BCUT2D eigenvalue weighted by atomic mass is 9.91. The van der Waals surface area contributed by atoms with E-state index in [1.165, 1.54) is 70.9 Å². The molecule has 0 aromatic heterocycles. The summed E-state index contributed by atoms with van der Waals surface area (Å²) in [4.78, 5) is 0. The van der Waals surface area contributed by atoms with E-state index in [9.17, 15) is 0 Å². The first-order valence-electron chi connectivity index (χ1n) is 7.49. The van der Waals surface area contributed by atoms with Crippen LogP contribution < -0.4 is 5.32 Å². The summed E-state index contributed by atoms with van der Waals surface area (Å²) in [5.74, 6) is 1.79. The van der Waals surface area contributed by atoms with E-state index >= 15 is 0 Å². The second kappa shape index (κ2) is 9.04. The van der Waals surface area contributed by atoms with Crippen LogP contribution in [0.3, 0.4) is 0 Å². The highest BCUT2D eigenvalue weighted by molar-refractivity contribution is 4.66. The van der Waals surface area contributed by atoms with E-state index in [0.717, 1.165) is 11.8 Å². The van der Waals surface area contributed by atoms with Crippen LogP contribution in [0.4, 0.5) is 0 Å². The molecule has 0 aromatic rings. The van der Waals surface area contributed by atoms with Gasteiger partial charge in [0.2, 0.25) is 0 Å². The van der Waals surface area contributed by atoms with Gasteiger partial charge in [-0.2, -0.15) is 0 Å². The average molecular weight is 225 g/mol. The summed E-state index contributed by atoms with van der Waals surface area (Å²) in [6, 6.07) is 0. The summed E-state index contributed by atoms with van der Waals surface area (Å²) in [6.45, 7) is 7.22. The predicted octanol–water partition coefficient (Wildman–Crippen LogP) is 4.37. The number of nitrogens with one attached hydrogen (secondary N) is 1. The molecule has 1 N–H and O–H groups in total. The largest absolute Gasteiger partial charge is 0.316 e. The first-order valence-corrected chi connectivity index (χ1v) is 7.49. The SMILES string of the molecule is CC(C)CC1CCCCCCCCCNC1. The minimum absolute atomic E-state index is 0.861. The highest BCUT2D eigenvalue weighted by atomic mass is 14.9. The molecule has 1 saturated heterocycles. The molecule has 0 amide bonds. The minimum Gasteiger partial charge on any atom is -0.316 e. The first kappa shape index (κ1) is 14.0.